The Hall–Kier alpha value is -3.26. The summed E-state index contributed by atoms with van der Waals surface area (Å²) in [7, 11) is 0. The molecule has 1 saturated heterocycles. The first-order valence-electron chi connectivity index (χ1n) is 10.2. The Morgan fingerprint density at radius 3 is 3.00 bits per heavy atom. The lowest BCUT2D eigenvalue weighted by atomic mass is 10.1. The van der Waals surface area contributed by atoms with Crippen LogP contribution in [0.15, 0.2) is 45.6 Å². The average molecular weight is 408 g/mol. The van der Waals surface area contributed by atoms with Crippen molar-refractivity contribution in [2.75, 3.05) is 43.0 Å². The number of aromatic amines is 1. The molecule has 1 atom stereocenters. The zero-order valence-electron chi connectivity index (χ0n) is 16.8. The summed E-state index contributed by atoms with van der Waals surface area (Å²) in [6, 6.07) is 11.8. The van der Waals surface area contributed by atoms with Crippen molar-refractivity contribution in [3.05, 3.63) is 52.5 Å². The number of hydrogen-bond acceptors (Lipinski definition) is 6. The Morgan fingerprint density at radius 2 is 2.13 bits per heavy atom. The highest BCUT2D eigenvalue weighted by molar-refractivity contribution is 5.94. The minimum absolute atomic E-state index is 0.0813. The number of anilines is 2. The molecule has 0 aliphatic carbocycles. The molecule has 0 bridgehead atoms. The molecule has 0 saturated carbocycles. The molecule has 156 valence electrons. The van der Waals surface area contributed by atoms with Gasteiger partial charge < -0.3 is 19.4 Å². The van der Waals surface area contributed by atoms with Crippen LogP contribution in [0.4, 0.5) is 11.4 Å². The van der Waals surface area contributed by atoms with Gasteiger partial charge in [0.2, 0.25) is 5.91 Å². The summed E-state index contributed by atoms with van der Waals surface area (Å²) in [5.41, 5.74) is 4.15. The standard InChI is InChI=1S/C22H24N4O4/c1-14-12-26(17-3-5-19-15(10-17)6-9-29-19)8-7-25(14)13-21(27)23-16-2-4-18-20(11-16)30-22(28)24-18/h2-5,10-11,14H,6-9,12-13H2,1H3,(H,23,27)(H,24,28)/t14-/m1/s1. The summed E-state index contributed by atoms with van der Waals surface area (Å²) in [6.45, 7) is 5.79. The van der Waals surface area contributed by atoms with Crippen LogP contribution in [0.5, 0.6) is 5.75 Å². The molecular weight excluding hydrogens is 384 g/mol. The van der Waals surface area contributed by atoms with E-state index in [9.17, 15) is 9.59 Å². The van der Waals surface area contributed by atoms with Gasteiger partial charge >= 0.3 is 5.76 Å². The van der Waals surface area contributed by atoms with Gasteiger partial charge in [-0.1, -0.05) is 0 Å². The fourth-order valence-electron chi connectivity index (χ4n) is 4.24. The van der Waals surface area contributed by atoms with Crippen molar-refractivity contribution in [3.63, 3.8) is 0 Å². The fourth-order valence-corrected chi connectivity index (χ4v) is 4.24. The van der Waals surface area contributed by atoms with Gasteiger partial charge in [-0.15, -0.1) is 0 Å². The van der Waals surface area contributed by atoms with Gasteiger partial charge in [-0.05, 0) is 42.8 Å². The van der Waals surface area contributed by atoms with Crippen molar-refractivity contribution in [2.24, 2.45) is 0 Å². The molecule has 30 heavy (non-hydrogen) atoms. The van der Waals surface area contributed by atoms with E-state index in [1.807, 2.05) is 0 Å². The number of carbonyl (C=O) groups is 1. The molecule has 8 nitrogen and oxygen atoms in total. The van der Waals surface area contributed by atoms with E-state index >= 15 is 0 Å². The Balaban J connectivity index is 1.19. The molecule has 1 fully saturated rings. The largest absolute Gasteiger partial charge is 0.493 e. The summed E-state index contributed by atoms with van der Waals surface area (Å²) in [5, 5.41) is 2.90. The number of amides is 1. The van der Waals surface area contributed by atoms with E-state index in [0.29, 0.717) is 23.3 Å². The maximum absolute atomic E-state index is 12.6. The molecule has 2 aliphatic heterocycles. The molecule has 1 aromatic heterocycles. The second-order valence-corrected chi connectivity index (χ2v) is 7.93. The number of piperazine rings is 1. The van der Waals surface area contributed by atoms with Gasteiger partial charge in [0.1, 0.15) is 5.75 Å². The number of aromatic nitrogens is 1. The van der Waals surface area contributed by atoms with Gasteiger partial charge in [-0.3, -0.25) is 14.7 Å². The highest BCUT2D eigenvalue weighted by Crippen LogP contribution is 2.30. The Bertz CT molecular complexity index is 1150. The number of nitrogens with one attached hydrogen (secondary N) is 2. The summed E-state index contributed by atoms with van der Waals surface area (Å²) in [5.74, 6) is 0.414. The number of fused-ring (bicyclic) bond motifs is 2. The molecule has 2 aromatic carbocycles. The maximum atomic E-state index is 12.6. The van der Waals surface area contributed by atoms with Crippen LogP contribution >= 0.6 is 0 Å². The second kappa shape index (κ2) is 7.53. The number of ether oxygens (including phenoxy) is 1. The highest BCUT2D eigenvalue weighted by atomic mass is 16.5. The zero-order chi connectivity index (χ0) is 20.7. The first-order chi connectivity index (χ1) is 14.5. The third kappa shape index (κ3) is 3.66. The molecule has 5 rings (SSSR count). The van der Waals surface area contributed by atoms with Crippen LogP contribution in [0.1, 0.15) is 12.5 Å². The van der Waals surface area contributed by atoms with Crippen LogP contribution in [0, 0.1) is 0 Å². The predicted octanol–water partition coefficient (Wildman–Crippen LogP) is 2.21. The number of oxazole rings is 1. The van der Waals surface area contributed by atoms with Gasteiger partial charge in [0, 0.05) is 49.5 Å². The van der Waals surface area contributed by atoms with Crippen molar-refractivity contribution in [3.8, 4) is 5.75 Å². The number of rotatable bonds is 4. The second-order valence-electron chi connectivity index (χ2n) is 7.93. The van der Waals surface area contributed by atoms with Gasteiger partial charge in [-0.25, -0.2) is 4.79 Å². The van der Waals surface area contributed by atoms with Gasteiger partial charge in [-0.2, -0.15) is 0 Å². The predicted molar refractivity (Wildman–Crippen MR) is 114 cm³/mol. The lowest BCUT2D eigenvalue weighted by Gasteiger charge is -2.40. The molecular formula is C22H24N4O4. The molecule has 2 N–H and O–H groups in total. The molecule has 8 heteroatoms. The number of benzene rings is 2. The lowest BCUT2D eigenvalue weighted by Crippen LogP contribution is -2.53. The summed E-state index contributed by atoms with van der Waals surface area (Å²) >= 11 is 0. The van der Waals surface area contributed by atoms with Crippen LogP contribution < -0.4 is 20.7 Å². The molecule has 2 aliphatic rings. The number of nitrogens with zero attached hydrogens (tertiary/aromatic N) is 2. The first kappa shape index (κ1) is 18.7. The molecule has 0 unspecified atom stereocenters. The molecule has 0 spiro atoms. The fraction of sp³-hybridized carbons (Fsp3) is 0.364. The van der Waals surface area contributed by atoms with Crippen LogP contribution in [0.2, 0.25) is 0 Å². The Morgan fingerprint density at radius 1 is 1.23 bits per heavy atom. The summed E-state index contributed by atoms with van der Waals surface area (Å²) in [6.07, 6.45) is 0.969. The van der Waals surface area contributed by atoms with E-state index in [0.717, 1.165) is 38.4 Å². The van der Waals surface area contributed by atoms with Crippen LogP contribution in [0.25, 0.3) is 11.1 Å². The van der Waals surface area contributed by atoms with E-state index in [1.54, 1.807) is 18.2 Å². The van der Waals surface area contributed by atoms with Crippen molar-refractivity contribution in [1.29, 1.82) is 0 Å². The summed E-state index contributed by atoms with van der Waals surface area (Å²) < 4.78 is 10.7. The van der Waals surface area contributed by atoms with Crippen molar-refractivity contribution in [2.45, 2.75) is 19.4 Å². The quantitative estimate of drug-likeness (QED) is 0.688. The van der Waals surface area contributed by atoms with Crippen molar-refractivity contribution in [1.82, 2.24) is 9.88 Å². The molecule has 3 aromatic rings. The normalized spacial score (nSPS) is 19.0. The van der Waals surface area contributed by atoms with E-state index in [1.165, 1.54) is 11.3 Å². The van der Waals surface area contributed by atoms with E-state index in [4.69, 9.17) is 9.15 Å². The minimum atomic E-state index is -0.504. The van der Waals surface area contributed by atoms with Crippen molar-refractivity contribution < 1.29 is 13.9 Å². The van der Waals surface area contributed by atoms with Gasteiger partial charge in [0.15, 0.2) is 5.58 Å². The van der Waals surface area contributed by atoms with Crippen molar-refractivity contribution >= 4 is 28.4 Å². The monoisotopic (exact) mass is 408 g/mol. The van der Waals surface area contributed by atoms with Gasteiger partial charge in [0.05, 0.1) is 18.7 Å². The van der Waals surface area contributed by atoms with Crippen LogP contribution in [-0.2, 0) is 11.2 Å². The average Bonchev–Trinajstić information content (AvgIpc) is 3.33. The smallest absolute Gasteiger partial charge is 0.417 e. The van der Waals surface area contributed by atoms with Crippen LogP contribution in [0.3, 0.4) is 0 Å². The molecule has 0 radical (unpaired) electrons. The number of carbonyl (C=O) groups excluding carboxylic acids is 1. The topological polar surface area (TPSA) is 90.8 Å². The first-order valence-corrected chi connectivity index (χ1v) is 10.2. The molecule has 1 amide bonds. The zero-order valence-corrected chi connectivity index (χ0v) is 16.8. The van der Waals surface area contributed by atoms with E-state index in [-0.39, 0.29) is 11.9 Å². The van der Waals surface area contributed by atoms with E-state index < -0.39 is 5.76 Å². The Kier molecular flexibility index (Phi) is 4.71. The summed E-state index contributed by atoms with van der Waals surface area (Å²) in [4.78, 5) is 31.0. The van der Waals surface area contributed by atoms with Crippen LogP contribution in [-0.4, -0.2) is 54.6 Å². The minimum Gasteiger partial charge on any atom is -0.493 e. The molecule has 3 heterocycles. The third-order valence-corrected chi connectivity index (χ3v) is 5.85. The van der Waals surface area contributed by atoms with E-state index in [2.05, 4.69) is 45.2 Å². The Labute approximate surface area is 173 Å². The van der Waals surface area contributed by atoms with Gasteiger partial charge in [0.25, 0.3) is 0 Å². The highest BCUT2D eigenvalue weighted by Gasteiger charge is 2.26. The number of H-pyrrole nitrogens is 1. The SMILES string of the molecule is C[C@@H]1CN(c2ccc3c(c2)CCO3)CCN1CC(=O)Nc1ccc2[nH]c(=O)oc2c1. The number of hydrogen-bond donors (Lipinski definition) is 2. The lowest BCUT2D eigenvalue weighted by molar-refractivity contribution is -0.117. The third-order valence-electron chi connectivity index (χ3n) is 5.85. The maximum Gasteiger partial charge on any atom is 0.417 e.